The summed E-state index contributed by atoms with van der Waals surface area (Å²) in [5.74, 6) is -1.22. The first kappa shape index (κ1) is 20.2. The van der Waals surface area contributed by atoms with Crippen LogP contribution in [0, 0.1) is 11.7 Å². The van der Waals surface area contributed by atoms with Crippen molar-refractivity contribution in [3.05, 3.63) is 30.1 Å². The van der Waals surface area contributed by atoms with Crippen LogP contribution in [-0.4, -0.2) is 69.6 Å². The van der Waals surface area contributed by atoms with E-state index in [0.717, 1.165) is 12.1 Å². The summed E-state index contributed by atoms with van der Waals surface area (Å²) in [6.45, 7) is 0.341. The molecular formula is C17H23FN2O5S2. The minimum Gasteiger partial charge on any atom is -0.341 e. The first-order valence-corrected chi connectivity index (χ1v) is 12.1. The molecule has 1 aromatic rings. The van der Waals surface area contributed by atoms with E-state index in [4.69, 9.17) is 0 Å². The molecule has 0 unspecified atom stereocenters. The van der Waals surface area contributed by atoms with Crippen molar-refractivity contribution in [1.82, 2.24) is 9.21 Å². The average molecular weight is 419 g/mol. The molecular weight excluding hydrogens is 395 g/mol. The Morgan fingerprint density at radius 2 is 1.89 bits per heavy atom. The highest BCUT2D eigenvalue weighted by atomic mass is 32.2. The summed E-state index contributed by atoms with van der Waals surface area (Å²) in [6, 6.07) is 4.25. The van der Waals surface area contributed by atoms with Crippen molar-refractivity contribution in [1.29, 1.82) is 0 Å². The molecule has 0 saturated carbocycles. The van der Waals surface area contributed by atoms with Gasteiger partial charge in [0.1, 0.15) is 5.82 Å². The molecule has 0 bridgehead atoms. The monoisotopic (exact) mass is 418 g/mol. The zero-order valence-electron chi connectivity index (χ0n) is 15.0. The molecule has 2 aliphatic heterocycles. The molecule has 1 aromatic carbocycles. The van der Waals surface area contributed by atoms with Crippen molar-refractivity contribution in [2.45, 2.75) is 30.2 Å². The topological polar surface area (TPSA) is 91.8 Å². The van der Waals surface area contributed by atoms with Gasteiger partial charge in [0.25, 0.3) is 0 Å². The zero-order valence-corrected chi connectivity index (χ0v) is 16.7. The molecule has 7 nitrogen and oxygen atoms in total. The number of sulfone groups is 1. The number of halogens is 1. The Morgan fingerprint density at radius 1 is 1.22 bits per heavy atom. The Balaban J connectivity index is 1.72. The highest BCUT2D eigenvalue weighted by Gasteiger charge is 2.38. The number of piperidine rings is 1. The van der Waals surface area contributed by atoms with Gasteiger partial charge in [-0.2, -0.15) is 4.31 Å². The number of hydrogen-bond acceptors (Lipinski definition) is 5. The number of amides is 1. The second-order valence-electron chi connectivity index (χ2n) is 7.16. The lowest BCUT2D eigenvalue weighted by Gasteiger charge is -2.34. The van der Waals surface area contributed by atoms with Crippen LogP contribution in [0.1, 0.15) is 19.3 Å². The van der Waals surface area contributed by atoms with Crippen LogP contribution in [0.2, 0.25) is 0 Å². The molecule has 2 aliphatic rings. The van der Waals surface area contributed by atoms with Gasteiger partial charge in [-0.1, -0.05) is 0 Å². The zero-order chi connectivity index (χ0) is 19.8. The Hall–Kier alpha value is -1.52. The maximum Gasteiger partial charge on any atom is 0.243 e. The van der Waals surface area contributed by atoms with E-state index in [9.17, 15) is 26.0 Å². The van der Waals surface area contributed by atoms with Gasteiger partial charge in [0.15, 0.2) is 9.84 Å². The summed E-state index contributed by atoms with van der Waals surface area (Å²) in [6.07, 6.45) is 1.50. The summed E-state index contributed by atoms with van der Waals surface area (Å²) in [5, 5.41) is 0. The van der Waals surface area contributed by atoms with Crippen molar-refractivity contribution in [2.24, 2.45) is 5.92 Å². The highest BCUT2D eigenvalue weighted by Crippen LogP contribution is 2.26. The summed E-state index contributed by atoms with van der Waals surface area (Å²) in [5.41, 5.74) is 0. The normalized spacial score (nSPS) is 26.0. The predicted molar refractivity (Wildman–Crippen MR) is 97.7 cm³/mol. The summed E-state index contributed by atoms with van der Waals surface area (Å²) in [4.78, 5) is 14.3. The van der Waals surface area contributed by atoms with Crippen LogP contribution < -0.4 is 0 Å². The van der Waals surface area contributed by atoms with E-state index in [0.29, 0.717) is 25.8 Å². The van der Waals surface area contributed by atoms with E-state index in [-0.39, 0.29) is 34.9 Å². The first-order valence-electron chi connectivity index (χ1n) is 8.83. The van der Waals surface area contributed by atoms with Gasteiger partial charge in [0, 0.05) is 26.2 Å². The van der Waals surface area contributed by atoms with Crippen LogP contribution in [0.25, 0.3) is 0 Å². The third-order valence-corrected chi connectivity index (χ3v) is 8.92. The van der Waals surface area contributed by atoms with E-state index in [1.54, 1.807) is 7.05 Å². The standard InChI is InChI=1S/C17H23FN2O5S2/c1-19(15-8-10-26(22,23)12-15)17(21)13-3-2-9-20(11-13)27(24,25)16-6-4-14(18)5-7-16/h4-7,13,15H,2-3,8-12H2,1H3/t13-,15-/m1/s1. The molecule has 1 amide bonds. The van der Waals surface area contributed by atoms with Gasteiger partial charge in [-0.05, 0) is 43.5 Å². The second kappa shape index (κ2) is 7.48. The molecule has 150 valence electrons. The molecule has 27 heavy (non-hydrogen) atoms. The third kappa shape index (κ3) is 4.33. The Bertz CT molecular complexity index is 915. The van der Waals surface area contributed by atoms with Crippen molar-refractivity contribution in [2.75, 3.05) is 31.6 Å². The number of benzene rings is 1. The fourth-order valence-electron chi connectivity index (χ4n) is 3.67. The van der Waals surface area contributed by atoms with Crippen LogP contribution >= 0.6 is 0 Å². The minimum atomic E-state index is -3.81. The van der Waals surface area contributed by atoms with Gasteiger partial charge < -0.3 is 4.90 Å². The van der Waals surface area contributed by atoms with Crippen LogP contribution in [-0.2, 0) is 24.7 Å². The summed E-state index contributed by atoms with van der Waals surface area (Å²) < 4.78 is 63.2. The fraction of sp³-hybridized carbons (Fsp3) is 0.588. The number of hydrogen-bond donors (Lipinski definition) is 0. The second-order valence-corrected chi connectivity index (χ2v) is 11.3. The van der Waals surface area contributed by atoms with Crippen molar-refractivity contribution in [3.63, 3.8) is 0 Å². The lowest BCUT2D eigenvalue weighted by molar-refractivity contribution is -0.137. The van der Waals surface area contributed by atoms with E-state index in [1.165, 1.54) is 21.3 Å². The van der Waals surface area contributed by atoms with Crippen molar-refractivity contribution >= 4 is 25.8 Å². The van der Waals surface area contributed by atoms with Gasteiger partial charge in [0.05, 0.1) is 22.3 Å². The van der Waals surface area contributed by atoms with Gasteiger partial charge >= 0.3 is 0 Å². The maximum atomic E-state index is 13.1. The molecule has 0 spiro atoms. The van der Waals surface area contributed by atoms with Gasteiger partial charge in [-0.25, -0.2) is 21.2 Å². The predicted octanol–water partition coefficient (Wildman–Crippen LogP) is 0.872. The minimum absolute atomic E-state index is 0.00719. The smallest absolute Gasteiger partial charge is 0.243 e. The Kier molecular flexibility index (Phi) is 5.60. The first-order chi connectivity index (χ1) is 12.6. The maximum absolute atomic E-state index is 13.1. The molecule has 0 aromatic heterocycles. The van der Waals surface area contributed by atoms with E-state index in [1.807, 2.05) is 0 Å². The lowest BCUT2D eigenvalue weighted by Crippen LogP contribution is -2.48. The van der Waals surface area contributed by atoms with Crippen LogP contribution in [0.3, 0.4) is 0 Å². The van der Waals surface area contributed by atoms with Crippen LogP contribution in [0.15, 0.2) is 29.2 Å². The molecule has 0 radical (unpaired) electrons. The molecule has 2 atom stereocenters. The summed E-state index contributed by atoms with van der Waals surface area (Å²) >= 11 is 0. The van der Waals surface area contributed by atoms with Gasteiger partial charge in [-0.3, -0.25) is 4.79 Å². The Morgan fingerprint density at radius 3 is 2.48 bits per heavy atom. The van der Waals surface area contributed by atoms with E-state index >= 15 is 0 Å². The van der Waals surface area contributed by atoms with Gasteiger partial charge in [-0.15, -0.1) is 0 Å². The molecule has 2 saturated heterocycles. The molecule has 10 heteroatoms. The molecule has 2 fully saturated rings. The largest absolute Gasteiger partial charge is 0.341 e. The Labute approximate surface area is 159 Å². The third-order valence-electron chi connectivity index (χ3n) is 5.29. The SMILES string of the molecule is CN(C(=O)[C@@H]1CCCN(S(=O)(=O)c2ccc(F)cc2)C1)[C@@H]1CCS(=O)(=O)C1. The van der Waals surface area contributed by atoms with Crippen LogP contribution in [0.5, 0.6) is 0 Å². The number of carbonyl (C=O) groups excluding carboxylic acids is 1. The summed E-state index contributed by atoms with van der Waals surface area (Å²) in [7, 11) is -5.33. The highest BCUT2D eigenvalue weighted by molar-refractivity contribution is 7.91. The van der Waals surface area contributed by atoms with Crippen molar-refractivity contribution < 1.29 is 26.0 Å². The average Bonchev–Trinajstić information content (AvgIpc) is 3.01. The van der Waals surface area contributed by atoms with E-state index in [2.05, 4.69) is 0 Å². The molecule has 0 aliphatic carbocycles. The van der Waals surface area contributed by atoms with Gasteiger partial charge in [0.2, 0.25) is 15.9 Å². The number of sulfonamides is 1. The molecule has 3 rings (SSSR count). The quantitative estimate of drug-likeness (QED) is 0.724. The van der Waals surface area contributed by atoms with E-state index < -0.39 is 31.6 Å². The van der Waals surface area contributed by atoms with Crippen molar-refractivity contribution in [3.8, 4) is 0 Å². The number of rotatable bonds is 4. The van der Waals surface area contributed by atoms with Crippen LogP contribution in [0.4, 0.5) is 4.39 Å². The number of carbonyl (C=O) groups is 1. The fourth-order valence-corrected chi connectivity index (χ4v) is 6.96. The molecule has 2 heterocycles. The molecule has 0 N–H and O–H groups in total. The number of nitrogens with zero attached hydrogens (tertiary/aromatic N) is 2. The lowest BCUT2D eigenvalue weighted by atomic mass is 9.97.